The minimum Gasteiger partial charge on any atom is -0.465 e. The van der Waals surface area contributed by atoms with Gasteiger partial charge in [-0.3, -0.25) is 9.59 Å². The molecule has 60 valence electrons. The van der Waals surface area contributed by atoms with Gasteiger partial charge in [-0.2, -0.15) is 0 Å². The van der Waals surface area contributed by atoms with Gasteiger partial charge in [-0.1, -0.05) is 0 Å². The molecule has 0 radical (unpaired) electrons. The van der Waals surface area contributed by atoms with Crippen molar-refractivity contribution in [3.05, 3.63) is 0 Å². The van der Waals surface area contributed by atoms with Crippen LogP contribution >= 0.6 is 0 Å². The van der Waals surface area contributed by atoms with E-state index in [1.165, 1.54) is 0 Å². The molecule has 4 heteroatoms. The van der Waals surface area contributed by atoms with Crippen molar-refractivity contribution in [3.63, 3.8) is 0 Å². The van der Waals surface area contributed by atoms with E-state index in [1.54, 1.807) is 0 Å². The van der Waals surface area contributed by atoms with Gasteiger partial charge in [0.25, 0.3) is 0 Å². The van der Waals surface area contributed by atoms with Crippen molar-refractivity contribution >= 4 is 11.9 Å². The lowest BCUT2D eigenvalue weighted by atomic mass is 9.87. The standard InChI is InChI=1S/C7H8O4/c8-5-1-7(3-10-5)2-6(9)11-4-7/h1-4H2. The van der Waals surface area contributed by atoms with Crippen LogP contribution in [0.5, 0.6) is 0 Å². The molecule has 0 aromatic rings. The second-order valence-electron chi connectivity index (χ2n) is 3.17. The SMILES string of the molecule is O=C1CC2(CO1)COC(=O)C2. The molecular weight excluding hydrogens is 148 g/mol. The van der Waals surface area contributed by atoms with E-state index in [1.807, 2.05) is 0 Å². The van der Waals surface area contributed by atoms with Crippen molar-refractivity contribution in [2.24, 2.45) is 5.41 Å². The van der Waals surface area contributed by atoms with Crippen LogP contribution in [0.3, 0.4) is 0 Å². The number of rotatable bonds is 0. The van der Waals surface area contributed by atoms with Crippen molar-refractivity contribution < 1.29 is 19.1 Å². The zero-order chi connectivity index (χ0) is 7.90. The smallest absolute Gasteiger partial charge is 0.306 e. The van der Waals surface area contributed by atoms with Gasteiger partial charge in [-0.05, 0) is 0 Å². The number of hydrogen-bond acceptors (Lipinski definition) is 4. The molecule has 0 amide bonds. The maximum absolute atomic E-state index is 10.7. The van der Waals surface area contributed by atoms with E-state index in [9.17, 15) is 9.59 Å². The first-order chi connectivity index (χ1) is 5.20. The third-order valence-electron chi connectivity index (χ3n) is 2.12. The Morgan fingerprint density at radius 3 is 1.73 bits per heavy atom. The predicted molar refractivity (Wildman–Crippen MR) is 33.6 cm³/mol. The molecule has 0 unspecified atom stereocenters. The lowest BCUT2D eigenvalue weighted by Gasteiger charge is -2.12. The summed E-state index contributed by atoms with van der Waals surface area (Å²) in [6.45, 7) is 0.690. The summed E-state index contributed by atoms with van der Waals surface area (Å²) in [6, 6.07) is 0. The first kappa shape index (κ1) is 6.64. The lowest BCUT2D eigenvalue weighted by molar-refractivity contribution is -0.138. The minimum absolute atomic E-state index is 0.219. The zero-order valence-corrected chi connectivity index (χ0v) is 5.96. The van der Waals surface area contributed by atoms with Gasteiger partial charge in [0.1, 0.15) is 13.2 Å². The molecule has 0 bridgehead atoms. The number of carbonyl (C=O) groups is 2. The maximum Gasteiger partial charge on any atom is 0.306 e. The molecule has 0 saturated carbocycles. The van der Waals surface area contributed by atoms with Crippen molar-refractivity contribution in [1.82, 2.24) is 0 Å². The summed E-state index contributed by atoms with van der Waals surface area (Å²) in [6.07, 6.45) is 0.664. The van der Waals surface area contributed by atoms with Gasteiger partial charge in [0, 0.05) is 0 Å². The molecule has 0 aliphatic carbocycles. The van der Waals surface area contributed by atoms with Crippen molar-refractivity contribution in [1.29, 1.82) is 0 Å². The average Bonchev–Trinajstić information content (AvgIpc) is 2.44. The van der Waals surface area contributed by atoms with Gasteiger partial charge in [-0.25, -0.2) is 0 Å². The van der Waals surface area contributed by atoms with Gasteiger partial charge in [-0.15, -0.1) is 0 Å². The first-order valence-electron chi connectivity index (χ1n) is 3.52. The van der Waals surface area contributed by atoms with Crippen LogP contribution in [0, 0.1) is 5.41 Å². The second-order valence-corrected chi connectivity index (χ2v) is 3.17. The van der Waals surface area contributed by atoms with E-state index in [2.05, 4.69) is 0 Å². The largest absolute Gasteiger partial charge is 0.465 e. The molecule has 11 heavy (non-hydrogen) atoms. The lowest BCUT2D eigenvalue weighted by Crippen LogP contribution is -2.20. The summed E-state index contributed by atoms with van der Waals surface area (Å²) in [7, 11) is 0. The van der Waals surface area contributed by atoms with Crippen LogP contribution in [-0.4, -0.2) is 25.2 Å². The van der Waals surface area contributed by atoms with E-state index < -0.39 is 0 Å². The summed E-state index contributed by atoms with van der Waals surface area (Å²) in [5.41, 5.74) is -0.311. The number of ether oxygens (including phenoxy) is 2. The minimum atomic E-state index is -0.311. The van der Waals surface area contributed by atoms with Crippen molar-refractivity contribution in [2.45, 2.75) is 12.8 Å². The first-order valence-corrected chi connectivity index (χ1v) is 3.52. The second kappa shape index (κ2) is 1.96. The van der Waals surface area contributed by atoms with E-state index in [-0.39, 0.29) is 17.4 Å². The highest BCUT2D eigenvalue weighted by Crippen LogP contribution is 2.37. The molecule has 2 aliphatic rings. The molecule has 0 atom stereocenters. The van der Waals surface area contributed by atoms with Gasteiger partial charge < -0.3 is 9.47 Å². The quantitative estimate of drug-likeness (QED) is 0.458. The van der Waals surface area contributed by atoms with Gasteiger partial charge >= 0.3 is 11.9 Å². The van der Waals surface area contributed by atoms with Crippen molar-refractivity contribution in [3.8, 4) is 0 Å². The summed E-state index contributed by atoms with van der Waals surface area (Å²) in [5.74, 6) is -0.438. The Morgan fingerprint density at radius 2 is 1.45 bits per heavy atom. The van der Waals surface area contributed by atoms with Crippen LogP contribution in [0.2, 0.25) is 0 Å². The van der Waals surface area contributed by atoms with Crippen LogP contribution in [0.15, 0.2) is 0 Å². The highest BCUT2D eigenvalue weighted by molar-refractivity contribution is 5.78. The molecule has 0 aromatic heterocycles. The number of cyclic esters (lactones) is 2. The Morgan fingerprint density at radius 1 is 1.00 bits per heavy atom. The molecule has 1 spiro atoms. The fourth-order valence-corrected chi connectivity index (χ4v) is 1.49. The van der Waals surface area contributed by atoms with Gasteiger partial charge in [0.15, 0.2) is 0 Å². The molecule has 2 saturated heterocycles. The number of esters is 2. The fourth-order valence-electron chi connectivity index (χ4n) is 1.49. The highest BCUT2D eigenvalue weighted by atomic mass is 16.6. The van der Waals surface area contributed by atoms with E-state index >= 15 is 0 Å². The molecule has 2 aliphatic heterocycles. The molecule has 0 N–H and O–H groups in total. The Balaban J connectivity index is 2.13. The van der Waals surface area contributed by atoms with E-state index in [0.29, 0.717) is 26.1 Å². The normalized spacial score (nSPS) is 27.3. The third-order valence-corrected chi connectivity index (χ3v) is 2.12. The van der Waals surface area contributed by atoms with Crippen LogP contribution in [0.4, 0.5) is 0 Å². The molecule has 2 rings (SSSR count). The molecule has 0 aromatic carbocycles. The predicted octanol–water partition coefficient (Wildman–Crippen LogP) is -0.133. The summed E-state index contributed by atoms with van der Waals surface area (Å²) in [5, 5.41) is 0. The van der Waals surface area contributed by atoms with Crippen LogP contribution in [0.1, 0.15) is 12.8 Å². The van der Waals surface area contributed by atoms with Crippen molar-refractivity contribution in [2.75, 3.05) is 13.2 Å². The Hall–Kier alpha value is -1.06. The average molecular weight is 156 g/mol. The molecular formula is C7H8O4. The van der Waals surface area contributed by atoms with E-state index in [4.69, 9.17) is 9.47 Å². The zero-order valence-electron chi connectivity index (χ0n) is 5.96. The number of hydrogen-bond donors (Lipinski definition) is 0. The third kappa shape index (κ3) is 0.982. The molecule has 4 nitrogen and oxygen atoms in total. The highest BCUT2D eigenvalue weighted by Gasteiger charge is 2.47. The van der Waals surface area contributed by atoms with E-state index in [0.717, 1.165) is 0 Å². The molecule has 2 fully saturated rings. The summed E-state index contributed by atoms with van der Waals surface area (Å²) < 4.78 is 9.54. The summed E-state index contributed by atoms with van der Waals surface area (Å²) >= 11 is 0. The fraction of sp³-hybridized carbons (Fsp3) is 0.714. The Kier molecular flexibility index (Phi) is 1.19. The molecule has 2 heterocycles. The summed E-state index contributed by atoms with van der Waals surface area (Å²) in [4.78, 5) is 21.4. The maximum atomic E-state index is 10.7. The van der Waals surface area contributed by atoms with Crippen LogP contribution < -0.4 is 0 Å². The monoisotopic (exact) mass is 156 g/mol. The van der Waals surface area contributed by atoms with Gasteiger partial charge in [0.05, 0.1) is 18.3 Å². The number of carbonyl (C=O) groups excluding carboxylic acids is 2. The van der Waals surface area contributed by atoms with Crippen LogP contribution in [0.25, 0.3) is 0 Å². The Bertz CT molecular complexity index is 196. The van der Waals surface area contributed by atoms with Gasteiger partial charge in [0.2, 0.25) is 0 Å². The topological polar surface area (TPSA) is 52.6 Å². The Labute approximate surface area is 63.5 Å². The van der Waals surface area contributed by atoms with Crippen LogP contribution in [-0.2, 0) is 19.1 Å².